The van der Waals surface area contributed by atoms with Gasteiger partial charge in [0.05, 0.1) is 22.4 Å². The molecule has 0 N–H and O–H groups in total. The normalized spacial score (nSPS) is 25.3. The maximum absolute atomic E-state index is 5.99. The van der Waals surface area contributed by atoms with Crippen LogP contribution >= 0.6 is 0 Å². The molecular weight excluding hydrogens is 350 g/mol. The van der Waals surface area contributed by atoms with Gasteiger partial charge in [0.15, 0.2) is 0 Å². The van der Waals surface area contributed by atoms with Crippen LogP contribution in [0.15, 0.2) is 36.2 Å². The van der Waals surface area contributed by atoms with Gasteiger partial charge < -0.3 is 18.6 Å². The minimum atomic E-state index is -0.326. The molecule has 2 aliphatic rings. The molecule has 3 rings (SSSR count). The molecule has 0 spiro atoms. The highest BCUT2D eigenvalue weighted by molar-refractivity contribution is 6.53. The quantitative estimate of drug-likeness (QED) is 0.689. The fourth-order valence-electron chi connectivity index (χ4n) is 3.03. The number of rotatable bonds is 4. The summed E-state index contributed by atoms with van der Waals surface area (Å²) in [6.45, 7) is 16.5. The van der Waals surface area contributed by atoms with Crippen molar-refractivity contribution >= 4 is 26.4 Å². The van der Waals surface area contributed by atoms with E-state index in [0.29, 0.717) is 0 Å². The van der Waals surface area contributed by atoms with E-state index in [-0.39, 0.29) is 36.6 Å². The van der Waals surface area contributed by atoms with Crippen molar-refractivity contribution in [2.45, 2.75) is 77.8 Å². The molecule has 150 valence electrons. The molecule has 28 heavy (non-hydrogen) atoms. The average Bonchev–Trinajstić information content (AvgIpc) is 2.91. The second-order valence-electron chi connectivity index (χ2n) is 9.63. The van der Waals surface area contributed by atoms with Crippen molar-refractivity contribution in [3.63, 3.8) is 0 Å². The van der Waals surface area contributed by atoms with Crippen LogP contribution in [-0.4, -0.2) is 36.6 Å². The third kappa shape index (κ3) is 4.30. The van der Waals surface area contributed by atoms with E-state index in [4.69, 9.17) is 18.6 Å². The molecule has 2 aliphatic heterocycles. The minimum Gasteiger partial charge on any atom is -0.400 e. The standard InChI is InChI=1S/C22H32B2O4/c1-19(2)20(3,4)26-23(25-19)15-13-17-9-11-18(12-10-17)14-16-24-27-21(5,6)22(7,8)28-24/h9-16H,1-8H3. The van der Waals surface area contributed by atoms with Crippen LogP contribution in [0.1, 0.15) is 66.5 Å². The summed E-state index contributed by atoms with van der Waals surface area (Å²) < 4.78 is 24.0. The van der Waals surface area contributed by atoms with Gasteiger partial charge in [-0.1, -0.05) is 48.4 Å². The lowest BCUT2D eigenvalue weighted by Crippen LogP contribution is -2.41. The van der Waals surface area contributed by atoms with Crippen LogP contribution in [0.2, 0.25) is 0 Å². The first-order valence-corrected chi connectivity index (χ1v) is 9.99. The van der Waals surface area contributed by atoms with Crippen molar-refractivity contribution in [1.29, 1.82) is 0 Å². The Morgan fingerprint density at radius 1 is 0.536 bits per heavy atom. The summed E-state index contributed by atoms with van der Waals surface area (Å²) in [4.78, 5) is 0. The lowest BCUT2D eigenvalue weighted by Gasteiger charge is -2.32. The molecule has 0 saturated carbocycles. The smallest absolute Gasteiger partial charge is 0.400 e. The summed E-state index contributed by atoms with van der Waals surface area (Å²) in [7, 11) is -0.652. The molecule has 2 fully saturated rings. The van der Waals surface area contributed by atoms with Gasteiger partial charge in [0.1, 0.15) is 0 Å². The molecule has 1 aromatic carbocycles. The monoisotopic (exact) mass is 382 g/mol. The van der Waals surface area contributed by atoms with E-state index in [1.165, 1.54) is 0 Å². The lowest BCUT2D eigenvalue weighted by atomic mass is 9.88. The molecule has 0 radical (unpaired) electrons. The Labute approximate surface area is 170 Å². The molecule has 2 saturated heterocycles. The molecule has 0 aliphatic carbocycles. The van der Waals surface area contributed by atoms with E-state index in [0.717, 1.165) is 11.1 Å². The molecule has 0 aromatic heterocycles. The van der Waals surface area contributed by atoms with E-state index in [1.54, 1.807) is 0 Å². The fourth-order valence-corrected chi connectivity index (χ4v) is 3.03. The molecule has 2 heterocycles. The van der Waals surface area contributed by atoms with Gasteiger partial charge in [-0.25, -0.2) is 0 Å². The minimum absolute atomic E-state index is 0.315. The first kappa shape index (κ1) is 21.4. The summed E-state index contributed by atoms with van der Waals surface area (Å²) in [5.74, 6) is 3.93. The lowest BCUT2D eigenvalue weighted by molar-refractivity contribution is 0.00578. The van der Waals surface area contributed by atoms with Crippen molar-refractivity contribution in [2.75, 3.05) is 0 Å². The van der Waals surface area contributed by atoms with Crippen molar-refractivity contribution in [2.24, 2.45) is 0 Å². The van der Waals surface area contributed by atoms with Crippen LogP contribution in [0.4, 0.5) is 0 Å². The topological polar surface area (TPSA) is 36.9 Å². The van der Waals surface area contributed by atoms with Crippen LogP contribution < -0.4 is 0 Å². The molecule has 0 bridgehead atoms. The van der Waals surface area contributed by atoms with Crippen molar-refractivity contribution in [1.82, 2.24) is 0 Å². The van der Waals surface area contributed by atoms with Crippen molar-refractivity contribution in [3.8, 4) is 0 Å². The van der Waals surface area contributed by atoms with Gasteiger partial charge in [0.25, 0.3) is 0 Å². The molecule has 1 aromatic rings. The molecule has 0 unspecified atom stereocenters. The molecule has 4 nitrogen and oxygen atoms in total. The third-order valence-corrected chi connectivity index (χ3v) is 6.37. The summed E-state index contributed by atoms with van der Waals surface area (Å²) in [5, 5.41) is 0. The Kier molecular flexibility index (Phi) is 5.48. The predicted molar refractivity (Wildman–Crippen MR) is 117 cm³/mol. The van der Waals surface area contributed by atoms with E-state index >= 15 is 0 Å². The van der Waals surface area contributed by atoms with Crippen molar-refractivity contribution in [3.05, 3.63) is 47.3 Å². The highest BCUT2D eigenvalue weighted by Gasteiger charge is 2.50. The van der Waals surface area contributed by atoms with Gasteiger partial charge in [-0.05, 0) is 66.5 Å². The van der Waals surface area contributed by atoms with Gasteiger partial charge >= 0.3 is 14.2 Å². The van der Waals surface area contributed by atoms with E-state index in [1.807, 2.05) is 24.1 Å². The van der Waals surface area contributed by atoms with Gasteiger partial charge in [0.2, 0.25) is 0 Å². The first-order valence-electron chi connectivity index (χ1n) is 9.99. The zero-order valence-corrected chi connectivity index (χ0v) is 18.4. The van der Waals surface area contributed by atoms with Gasteiger partial charge in [-0.2, -0.15) is 0 Å². The fraction of sp³-hybridized carbons (Fsp3) is 0.545. The first-order chi connectivity index (χ1) is 12.8. The Bertz CT molecular complexity index is 666. The second kappa shape index (κ2) is 7.17. The third-order valence-electron chi connectivity index (χ3n) is 6.37. The Balaban J connectivity index is 1.59. The Hall–Kier alpha value is -1.33. The summed E-state index contributed by atoms with van der Waals surface area (Å²) in [6.07, 6.45) is 4.06. The summed E-state index contributed by atoms with van der Waals surface area (Å²) in [5.41, 5.74) is 0.938. The highest BCUT2D eigenvalue weighted by Crippen LogP contribution is 2.38. The largest absolute Gasteiger partial charge is 0.487 e. The summed E-state index contributed by atoms with van der Waals surface area (Å²) >= 11 is 0. The molecule has 6 heteroatoms. The Morgan fingerprint density at radius 3 is 1.04 bits per heavy atom. The van der Waals surface area contributed by atoms with Gasteiger partial charge in [-0.15, -0.1) is 0 Å². The van der Waals surface area contributed by atoms with Crippen LogP contribution in [0, 0.1) is 0 Å². The van der Waals surface area contributed by atoms with Gasteiger partial charge in [0, 0.05) is 0 Å². The number of hydrogen-bond acceptors (Lipinski definition) is 4. The van der Waals surface area contributed by atoms with Crippen LogP contribution in [0.25, 0.3) is 12.2 Å². The number of hydrogen-bond donors (Lipinski definition) is 0. The summed E-state index contributed by atoms with van der Waals surface area (Å²) in [6, 6.07) is 8.30. The van der Waals surface area contributed by atoms with E-state index in [9.17, 15) is 0 Å². The maximum Gasteiger partial charge on any atom is 0.487 e. The van der Waals surface area contributed by atoms with Crippen molar-refractivity contribution < 1.29 is 18.6 Å². The zero-order chi connectivity index (χ0) is 20.8. The molecule has 0 amide bonds. The predicted octanol–water partition coefficient (Wildman–Crippen LogP) is 4.98. The Morgan fingerprint density at radius 2 is 0.786 bits per heavy atom. The van der Waals surface area contributed by atoms with Crippen LogP contribution in [0.5, 0.6) is 0 Å². The second-order valence-corrected chi connectivity index (χ2v) is 9.63. The number of benzene rings is 1. The van der Waals surface area contributed by atoms with Crippen LogP contribution in [0.3, 0.4) is 0 Å². The zero-order valence-electron chi connectivity index (χ0n) is 18.4. The van der Waals surface area contributed by atoms with Gasteiger partial charge in [-0.3, -0.25) is 0 Å². The van der Waals surface area contributed by atoms with E-state index in [2.05, 4.69) is 79.7 Å². The molecule has 0 atom stereocenters. The van der Waals surface area contributed by atoms with E-state index < -0.39 is 0 Å². The maximum atomic E-state index is 5.99. The van der Waals surface area contributed by atoms with Crippen LogP contribution in [-0.2, 0) is 18.6 Å². The highest BCUT2D eigenvalue weighted by atomic mass is 16.7. The SMILES string of the molecule is CC1(C)OB(C=Cc2ccc(C=CB3OC(C)(C)C(C)(C)O3)cc2)OC1(C)C. The average molecular weight is 382 g/mol. The molecular formula is C22H32B2O4.